The summed E-state index contributed by atoms with van der Waals surface area (Å²) in [4.78, 5) is 0. The first-order valence-electron chi connectivity index (χ1n) is 4.51. The molecule has 1 saturated heterocycles. The fourth-order valence-corrected chi connectivity index (χ4v) is 1.83. The van der Waals surface area contributed by atoms with Crippen molar-refractivity contribution in [3.63, 3.8) is 0 Å². The van der Waals surface area contributed by atoms with Crippen molar-refractivity contribution in [2.45, 2.75) is 12.0 Å². The topological polar surface area (TPSA) is 32.3 Å². The number of hydrogen-bond donors (Lipinski definition) is 2. The number of aliphatic hydroxyl groups is 1. The van der Waals surface area contributed by atoms with Crippen LogP contribution in [0, 0.1) is 11.6 Å². The molecule has 0 aliphatic carbocycles. The normalized spacial score (nSPS) is 26.8. The van der Waals surface area contributed by atoms with Gasteiger partial charge in [0, 0.05) is 6.54 Å². The summed E-state index contributed by atoms with van der Waals surface area (Å²) in [6.07, 6.45) is 0.338. The van der Waals surface area contributed by atoms with Crippen molar-refractivity contribution in [3.8, 4) is 0 Å². The molecule has 0 aromatic heterocycles. The summed E-state index contributed by atoms with van der Waals surface area (Å²) >= 11 is 0. The molecule has 0 saturated carbocycles. The van der Waals surface area contributed by atoms with Gasteiger partial charge >= 0.3 is 0 Å². The Morgan fingerprint density at radius 1 is 1.29 bits per heavy atom. The van der Waals surface area contributed by atoms with E-state index in [1.807, 2.05) is 0 Å². The van der Waals surface area contributed by atoms with Gasteiger partial charge in [-0.15, -0.1) is 0 Å². The van der Waals surface area contributed by atoms with Gasteiger partial charge < -0.3 is 10.4 Å². The fourth-order valence-electron chi connectivity index (χ4n) is 1.83. The molecule has 1 heterocycles. The SMILES string of the molecule is OC1(c2c(F)cccc2F)CCNC1. The highest BCUT2D eigenvalue weighted by Crippen LogP contribution is 2.31. The second-order valence-electron chi connectivity index (χ2n) is 3.56. The zero-order valence-corrected chi connectivity index (χ0v) is 7.56. The van der Waals surface area contributed by atoms with Crippen LogP contribution in [0.4, 0.5) is 8.78 Å². The number of nitrogens with one attached hydrogen (secondary N) is 1. The molecule has 1 aromatic rings. The Hall–Kier alpha value is -1.00. The van der Waals surface area contributed by atoms with E-state index in [1.165, 1.54) is 6.07 Å². The summed E-state index contributed by atoms with van der Waals surface area (Å²) in [5, 5.41) is 12.9. The largest absolute Gasteiger partial charge is 0.384 e. The van der Waals surface area contributed by atoms with E-state index in [1.54, 1.807) is 0 Å². The van der Waals surface area contributed by atoms with Crippen molar-refractivity contribution in [2.24, 2.45) is 0 Å². The van der Waals surface area contributed by atoms with E-state index in [2.05, 4.69) is 5.32 Å². The fraction of sp³-hybridized carbons (Fsp3) is 0.400. The van der Waals surface area contributed by atoms with Gasteiger partial charge in [-0.3, -0.25) is 0 Å². The predicted octanol–water partition coefficient (Wildman–Crippen LogP) is 1.15. The highest BCUT2D eigenvalue weighted by molar-refractivity contribution is 5.27. The molecule has 0 radical (unpaired) electrons. The summed E-state index contributed by atoms with van der Waals surface area (Å²) in [7, 11) is 0. The molecule has 0 bridgehead atoms. The van der Waals surface area contributed by atoms with Gasteiger partial charge in [0.15, 0.2) is 0 Å². The maximum absolute atomic E-state index is 13.3. The molecule has 1 aliphatic rings. The Balaban J connectivity index is 2.49. The minimum Gasteiger partial charge on any atom is -0.384 e. The standard InChI is InChI=1S/C10H11F2NO/c11-7-2-1-3-8(12)9(7)10(14)4-5-13-6-10/h1-3,13-14H,4-6H2. The summed E-state index contributed by atoms with van der Waals surface area (Å²) < 4.78 is 26.6. The third-order valence-electron chi connectivity index (χ3n) is 2.56. The maximum Gasteiger partial charge on any atom is 0.132 e. The Kier molecular flexibility index (Phi) is 2.25. The van der Waals surface area contributed by atoms with Gasteiger partial charge in [0.2, 0.25) is 0 Å². The van der Waals surface area contributed by atoms with Crippen molar-refractivity contribution in [1.82, 2.24) is 5.32 Å². The van der Waals surface area contributed by atoms with Crippen molar-refractivity contribution in [3.05, 3.63) is 35.4 Å². The van der Waals surface area contributed by atoms with Gasteiger partial charge in [0.25, 0.3) is 0 Å². The lowest BCUT2D eigenvalue weighted by molar-refractivity contribution is 0.0508. The average molecular weight is 199 g/mol. The number of halogens is 2. The molecular weight excluding hydrogens is 188 g/mol. The van der Waals surface area contributed by atoms with Crippen LogP contribution >= 0.6 is 0 Å². The van der Waals surface area contributed by atoms with Crippen molar-refractivity contribution in [2.75, 3.05) is 13.1 Å². The van der Waals surface area contributed by atoms with Crippen LogP contribution in [0.2, 0.25) is 0 Å². The maximum atomic E-state index is 13.3. The van der Waals surface area contributed by atoms with Crippen LogP contribution in [0.5, 0.6) is 0 Å². The van der Waals surface area contributed by atoms with Gasteiger partial charge in [0.1, 0.15) is 17.2 Å². The quantitative estimate of drug-likeness (QED) is 0.711. The molecule has 2 rings (SSSR count). The van der Waals surface area contributed by atoms with E-state index in [0.29, 0.717) is 13.0 Å². The van der Waals surface area contributed by atoms with Gasteiger partial charge in [0.05, 0.1) is 5.56 Å². The molecule has 1 fully saturated rings. The minimum atomic E-state index is -1.39. The summed E-state index contributed by atoms with van der Waals surface area (Å²) in [5.41, 5.74) is -1.61. The molecule has 1 unspecified atom stereocenters. The molecule has 76 valence electrons. The second-order valence-corrected chi connectivity index (χ2v) is 3.56. The lowest BCUT2D eigenvalue weighted by Crippen LogP contribution is -2.30. The summed E-state index contributed by atoms with van der Waals surface area (Å²) in [6, 6.07) is 3.61. The first-order valence-corrected chi connectivity index (χ1v) is 4.51. The Morgan fingerprint density at radius 3 is 2.43 bits per heavy atom. The lowest BCUT2D eigenvalue weighted by atomic mass is 9.92. The minimum absolute atomic E-state index is 0.199. The molecule has 1 aromatic carbocycles. The molecule has 1 aliphatic heterocycles. The second kappa shape index (κ2) is 3.29. The molecule has 14 heavy (non-hydrogen) atoms. The van der Waals surface area contributed by atoms with Crippen LogP contribution in [0.15, 0.2) is 18.2 Å². The van der Waals surface area contributed by atoms with E-state index >= 15 is 0 Å². The lowest BCUT2D eigenvalue weighted by Gasteiger charge is -2.22. The molecule has 2 nitrogen and oxygen atoms in total. The molecular formula is C10H11F2NO. The molecule has 2 N–H and O–H groups in total. The van der Waals surface area contributed by atoms with Crippen LogP contribution in [-0.2, 0) is 5.60 Å². The van der Waals surface area contributed by atoms with E-state index < -0.39 is 17.2 Å². The van der Waals surface area contributed by atoms with Crippen LogP contribution in [-0.4, -0.2) is 18.2 Å². The molecule has 4 heteroatoms. The average Bonchev–Trinajstić information content (AvgIpc) is 2.52. The van der Waals surface area contributed by atoms with Gasteiger partial charge in [-0.25, -0.2) is 8.78 Å². The van der Waals surface area contributed by atoms with Crippen LogP contribution in [0.1, 0.15) is 12.0 Å². The Labute approximate surface area is 80.6 Å². The number of benzene rings is 1. The van der Waals surface area contributed by atoms with Gasteiger partial charge in [-0.2, -0.15) is 0 Å². The summed E-state index contributed by atoms with van der Waals surface area (Å²) in [6.45, 7) is 0.773. The zero-order chi connectivity index (χ0) is 10.2. The van der Waals surface area contributed by atoms with Crippen LogP contribution in [0.25, 0.3) is 0 Å². The van der Waals surface area contributed by atoms with E-state index in [9.17, 15) is 13.9 Å². The van der Waals surface area contributed by atoms with Crippen LogP contribution in [0.3, 0.4) is 0 Å². The van der Waals surface area contributed by atoms with E-state index in [0.717, 1.165) is 12.1 Å². The molecule has 1 atom stereocenters. The van der Waals surface area contributed by atoms with E-state index in [4.69, 9.17) is 0 Å². The number of rotatable bonds is 1. The van der Waals surface area contributed by atoms with Gasteiger partial charge in [-0.1, -0.05) is 6.07 Å². The Morgan fingerprint density at radius 2 is 1.93 bits per heavy atom. The van der Waals surface area contributed by atoms with Crippen molar-refractivity contribution in [1.29, 1.82) is 0 Å². The third kappa shape index (κ3) is 1.40. The number of hydrogen-bond acceptors (Lipinski definition) is 2. The Bertz CT molecular complexity index is 328. The van der Waals surface area contributed by atoms with E-state index in [-0.39, 0.29) is 12.1 Å². The summed E-state index contributed by atoms with van der Waals surface area (Å²) in [5.74, 6) is -1.37. The van der Waals surface area contributed by atoms with Gasteiger partial charge in [-0.05, 0) is 25.1 Å². The van der Waals surface area contributed by atoms with Crippen LogP contribution < -0.4 is 5.32 Å². The molecule has 0 amide bonds. The monoisotopic (exact) mass is 199 g/mol. The third-order valence-corrected chi connectivity index (χ3v) is 2.56. The van der Waals surface area contributed by atoms with Crippen molar-refractivity contribution >= 4 is 0 Å². The number of β-amino-alcohol motifs (C(OH)–C–C–N with tert-alkyl or cyclic N) is 1. The van der Waals surface area contributed by atoms with Crippen molar-refractivity contribution < 1.29 is 13.9 Å². The predicted molar refractivity (Wildman–Crippen MR) is 47.7 cm³/mol. The highest BCUT2D eigenvalue weighted by atomic mass is 19.1. The smallest absolute Gasteiger partial charge is 0.132 e. The first-order chi connectivity index (χ1) is 6.63. The zero-order valence-electron chi connectivity index (χ0n) is 7.56. The highest BCUT2D eigenvalue weighted by Gasteiger charge is 2.37. The first kappa shape index (κ1) is 9.55. The molecule has 0 spiro atoms.